The Balaban J connectivity index is 1.41. The van der Waals surface area contributed by atoms with E-state index >= 15 is 0 Å². The largest absolute Gasteiger partial charge is 0.586 e. The van der Waals surface area contributed by atoms with Gasteiger partial charge in [-0.15, -0.1) is 8.78 Å². The maximum atomic E-state index is 13.3. The molecule has 3 aromatic rings. The number of nitrogens with one attached hydrogen (secondary N) is 2. The highest BCUT2D eigenvalue weighted by Crippen LogP contribution is 2.52. The van der Waals surface area contributed by atoms with Crippen molar-refractivity contribution in [3.05, 3.63) is 69.1 Å². The first kappa shape index (κ1) is 20.4. The molecule has 0 atom stereocenters. The van der Waals surface area contributed by atoms with Crippen molar-refractivity contribution in [3.8, 4) is 22.8 Å². The standard InChI is InChI=1S/C22H16ClF2N3O4/c1-11-2-5-17(27-18(11)12-8-14(23)19(29)26-10-12)28-20(30)21(6-7-21)13-3-4-15-16(9-13)32-22(24,25)31-15/h2-5,8-10H,6-7H2,1H3,(H,26,29)(H,27,28,30). The Morgan fingerprint density at radius 1 is 1.16 bits per heavy atom. The minimum Gasteiger partial charge on any atom is -0.395 e. The van der Waals surface area contributed by atoms with Crippen LogP contribution in [-0.4, -0.2) is 22.2 Å². The topological polar surface area (TPSA) is 93.3 Å². The Bertz CT molecular complexity index is 1320. The highest BCUT2D eigenvalue weighted by Gasteiger charge is 2.53. The summed E-state index contributed by atoms with van der Waals surface area (Å²) in [5.41, 5.74) is 1.27. The summed E-state index contributed by atoms with van der Waals surface area (Å²) in [5, 5.41) is 2.85. The van der Waals surface area contributed by atoms with Crippen LogP contribution in [0.5, 0.6) is 11.5 Å². The number of amides is 1. The number of pyridine rings is 2. The predicted octanol–water partition coefficient (Wildman–Crippen LogP) is 4.39. The number of hydrogen-bond donors (Lipinski definition) is 2. The third kappa shape index (κ3) is 3.48. The van der Waals surface area contributed by atoms with Crippen molar-refractivity contribution < 1.29 is 23.0 Å². The molecular weight excluding hydrogens is 444 g/mol. The van der Waals surface area contributed by atoms with E-state index in [1.807, 2.05) is 6.92 Å². The Morgan fingerprint density at radius 3 is 2.62 bits per heavy atom. The first-order valence-corrected chi connectivity index (χ1v) is 10.1. The van der Waals surface area contributed by atoms with Gasteiger partial charge >= 0.3 is 6.29 Å². The number of benzene rings is 1. The van der Waals surface area contributed by atoms with E-state index in [0.717, 1.165) is 5.56 Å². The van der Waals surface area contributed by atoms with Crippen molar-refractivity contribution in [2.45, 2.75) is 31.5 Å². The van der Waals surface area contributed by atoms with Crippen LogP contribution in [0.25, 0.3) is 11.3 Å². The summed E-state index contributed by atoms with van der Waals surface area (Å²) >= 11 is 5.93. The number of fused-ring (bicyclic) bond motifs is 1. The normalized spacial score (nSPS) is 17.1. The molecule has 0 unspecified atom stereocenters. The zero-order chi connectivity index (χ0) is 22.7. The van der Waals surface area contributed by atoms with Gasteiger partial charge in [-0.1, -0.05) is 23.7 Å². The number of alkyl halides is 2. The Hall–Kier alpha value is -3.46. The summed E-state index contributed by atoms with van der Waals surface area (Å²) in [6.07, 6.45) is -1.10. The zero-order valence-corrected chi connectivity index (χ0v) is 17.4. The molecule has 164 valence electrons. The number of anilines is 1. The van der Waals surface area contributed by atoms with Crippen LogP contribution in [0.1, 0.15) is 24.0 Å². The molecule has 1 aliphatic carbocycles. The average molecular weight is 460 g/mol. The van der Waals surface area contributed by atoms with Crippen LogP contribution in [0.4, 0.5) is 14.6 Å². The first-order valence-electron chi connectivity index (χ1n) is 9.75. The van der Waals surface area contributed by atoms with Gasteiger partial charge in [-0.3, -0.25) is 9.59 Å². The molecule has 1 aromatic carbocycles. The summed E-state index contributed by atoms with van der Waals surface area (Å²) < 4.78 is 35.6. The number of nitrogens with zero attached hydrogens (tertiary/aromatic N) is 1. The van der Waals surface area contributed by atoms with Crippen LogP contribution < -0.4 is 20.3 Å². The van der Waals surface area contributed by atoms with Crippen LogP contribution in [-0.2, 0) is 10.2 Å². The number of halogens is 3. The van der Waals surface area contributed by atoms with Gasteiger partial charge in [0.15, 0.2) is 11.5 Å². The first-order chi connectivity index (χ1) is 15.2. The van der Waals surface area contributed by atoms with Gasteiger partial charge in [-0.2, -0.15) is 0 Å². The van der Waals surface area contributed by atoms with Crippen LogP contribution in [0.15, 0.2) is 47.4 Å². The minimum absolute atomic E-state index is 0.0310. The van der Waals surface area contributed by atoms with Crippen LogP contribution in [0.3, 0.4) is 0 Å². The minimum atomic E-state index is -3.72. The number of rotatable bonds is 4. The van der Waals surface area contributed by atoms with Gasteiger partial charge in [-0.25, -0.2) is 4.98 Å². The molecule has 2 N–H and O–H groups in total. The van der Waals surface area contributed by atoms with E-state index < -0.39 is 17.3 Å². The van der Waals surface area contributed by atoms with E-state index in [1.54, 1.807) is 18.2 Å². The Labute approximate surface area is 185 Å². The molecule has 1 aliphatic heterocycles. The number of aromatic amines is 1. The maximum Gasteiger partial charge on any atom is 0.586 e. The lowest BCUT2D eigenvalue weighted by Crippen LogP contribution is -2.28. The lowest BCUT2D eigenvalue weighted by Gasteiger charge is -2.16. The van der Waals surface area contributed by atoms with Gasteiger partial charge < -0.3 is 19.8 Å². The molecule has 2 aliphatic rings. The van der Waals surface area contributed by atoms with E-state index in [-0.39, 0.29) is 22.4 Å². The molecule has 3 heterocycles. The van der Waals surface area contributed by atoms with Gasteiger partial charge in [0.05, 0.1) is 11.1 Å². The summed E-state index contributed by atoms with van der Waals surface area (Å²) in [6.45, 7) is 1.84. The molecule has 0 saturated heterocycles. The number of ether oxygens (including phenoxy) is 2. The molecule has 1 saturated carbocycles. The van der Waals surface area contributed by atoms with Crippen molar-refractivity contribution in [3.63, 3.8) is 0 Å². The second-order valence-electron chi connectivity index (χ2n) is 7.79. The summed E-state index contributed by atoms with van der Waals surface area (Å²) in [4.78, 5) is 31.7. The molecule has 1 amide bonds. The van der Waals surface area contributed by atoms with Crippen LogP contribution in [0, 0.1) is 6.92 Å². The van der Waals surface area contributed by atoms with Crippen molar-refractivity contribution in [1.82, 2.24) is 9.97 Å². The zero-order valence-electron chi connectivity index (χ0n) is 16.7. The number of H-pyrrole nitrogens is 1. The fraction of sp³-hybridized carbons (Fsp3) is 0.227. The van der Waals surface area contributed by atoms with Gasteiger partial charge in [0.25, 0.3) is 5.56 Å². The molecule has 7 nitrogen and oxygen atoms in total. The monoisotopic (exact) mass is 459 g/mol. The number of aromatic nitrogens is 2. The lowest BCUT2D eigenvalue weighted by molar-refractivity contribution is -0.286. The molecule has 0 bridgehead atoms. The van der Waals surface area contributed by atoms with E-state index in [1.165, 1.54) is 24.4 Å². The fourth-order valence-electron chi connectivity index (χ4n) is 3.74. The third-order valence-corrected chi connectivity index (χ3v) is 5.89. The molecule has 1 fully saturated rings. The number of aryl methyl sites for hydroxylation is 1. The molecule has 32 heavy (non-hydrogen) atoms. The van der Waals surface area contributed by atoms with Crippen molar-refractivity contribution in [1.29, 1.82) is 0 Å². The average Bonchev–Trinajstić information content (AvgIpc) is 3.48. The fourth-order valence-corrected chi connectivity index (χ4v) is 3.91. The number of carbonyl (C=O) groups excluding carboxylic acids is 1. The second kappa shape index (κ2) is 7.03. The van der Waals surface area contributed by atoms with E-state index in [4.69, 9.17) is 11.6 Å². The summed E-state index contributed by atoms with van der Waals surface area (Å²) in [7, 11) is 0. The molecule has 2 aromatic heterocycles. The smallest absolute Gasteiger partial charge is 0.395 e. The van der Waals surface area contributed by atoms with Crippen LogP contribution in [0.2, 0.25) is 5.02 Å². The van der Waals surface area contributed by atoms with E-state index in [2.05, 4.69) is 24.8 Å². The maximum absolute atomic E-state index is 13.3. The van der Waals surface area contributed by atoms with Crippen molar-refractivity contribution in [2.75, 3.05) is 5.32 Å². The molecule has 0 radical (unpaired) electrons. The van der Waals surface area contributed by atoms with Crippen molar-refractivity contribution in [2.24, 2.45) is 0 Å². The van der Waals surface area contributed by atoms with Gasteiger partial charge in [-0.05, 0) is 55.2 Å². The number of carbonyl (C=O) groups is 1. The third-order valence-electron chi connectivity index (χ3n) is 5.61. The Morgan fingerprint density at radius 2 is 1.91 bits per heavy atom. The quantitative estimate of drug-likeness (QED) is 0.603. The summed E-state index contributed by atoms with van der Waals surface area (Å²) in [6, 6.07) is 9.35. The number of hydrogen-bond acceptors (Lipinski definition) is 5. The molecular formula is C22H16ClF2N3O4. The SMILES string of the molecule is Cc1ccc(NC(=O)C2(c3ccc4c(c3)OC(F)(F)O4)CC2)nc1-c1c[nH]c(=O)c(Cl)c1. The highest BCUT2D eigenvalue weighted by atomic mass is 35.5. The van der Waals surface area contributed by atoms with Crippen molar-refractivity contribution >= 4 is 23.3 Å². The van der Waals surface area contributed by atoms with E-state index in [9.17, 15) is 18.4 Å². The summed E-state index contributed by atoms with van der Waals surface area (Å²) in [5.74, 6) is -0.155. The van der Waals surface area contributed by atoms with Gasteiger partial charge in [0.2, 0.25) is 5.91 Å². The van der Waals surface area contributed by atoms with Crippen LogP contribution >= 0.6 is 11.6 Å². The lowest BCUT2D eigenvalue weighted by atomic mass is 9.94. The Kier molecular flexibility index (Phi) is 4.49. The molecule has 0 spiro atoms. The molecule has 10 heteroatoms. The predicted molar refractivity (Wildman–Crippen MR) is 112 cm³/mol. The van der Waals surface area contributed by atoms with E-state index in [0.29, 0.717) is 35.5 Å². The highest BCUT2D eigenvalue weighted by molar-refractivity contribution is 6.30. The van der Waals surface area contributed by atoms with Gasteiger partial charge in [0.1, 0.15) is 10.8 Å². The van der Waals surface area contributed by atoms with Gasteiger partial charge in [0, 0.05) is 11.8 Å². The second-order valence-corrected chi connectivity index (χ2v) is 8.20. The molecule has 5 rings (SSSR count).